The van der Waals surface area contributed by atoms with Gasteiger partial charge >= 0.3 is 5.51 Å². The van der Waals surface area contributed by atoms with Gasteiger partial charge in [-0.05, 0) is 36.4 Å². The molecule has 0 aliphatic carbocycles. The second-order valence-electron chi connectivity index (χ2n) is 3.29. The third-order valence-electron chi connectivity index (χ3n) is 1.76. The van der Waals surface area contributed by atoms with Crippen molar-refractivity contribution in [2.75, 3.05) is 5.73 Å². The first-order valence-electron chi connectivity index (χ1n) is 4.41. The number of anilines is 1. The maximum Gasteiger partial charge on any atom is 0.446 e. The lowest BCUT2D eigenvalue weighted by Crippen LogP contribution is -2.04. The number of alkyl halides is 3. The molecule has 1 rings (SSSR count). The molecular formula is C10H10F3NOS. The second-order valence-corrected chi connectivity index (χ2v) is 4.40. The molecule has 0 radical (unpaired) electrons. The molecule has 88 valence electrons. The highest BCUT2D eigenvalue weighted by Gasteiger charge is 2.30. The number of hydrogen-bond acceptors (Lipinski definition) is 3. The van der Waals surface area contributed by atoms with Gasteiger partial charge in [0.15, 0.2) is 0 Å². The molecule has 0 aromatic heterocycles. The van der Waals surface area contributed by atoms with E-state index < -0.39 is 5.51 Å². The van der Waals surface area contributed by atoms with Gasteiger partial charge in [0.05, 0.1) is 0 Å². The predicted octanol–water partition coefficient (Wildman–Crippen LogP) is 3.01. The minimum absolute atomic E-state index is 0.0114. The van der Waals surface area contributed by atoms with Crippen molar-refractivity contribution in [1.29, 1.82) is 0 Å². The fourth-order valence-corrected chi connectivity index (χ4v) is 1.92. The van der Waals surface area contributed by atoms with E-state index in [4.69, 9.17) is 5.73 Å². The summed E-state index contributed by atoms with van der Waals surface area (Å²) in [5.41, 5.74) is 1.64. The Morgan fingerprint density at radius 3 is 2.56 bits per heavy atom. The van der Waals surface area contributed by atoms with E-state index in [1.54, 1.807) is 0 Å². The zero-order valence-corrected chi connectivity index (χ0v) is 9.28. The standard InChI is InChI=1S/C10H10F3NOS/c1-6(15)4-7-2-3-8(14)5-9(7)16-10(11,12)13/h2-3,5H,4,14H2,1H3. The van der Waals surface area contributed by atoms with Gasteiger partial charge < -0.3 is 5.73 Å². The van der Waals surface area contributed by atoms with Crippen LogP contribution in [0, 0.1) is 0 Å². The summed E-state index contributed by atoms with van der Waals surface area (Å²) < 4.78 is 36.7. The molecule has 0 atom stereocenters. The van der Waals surface area contributed by atoms with Crippen molar-refractivity contribution >= 4 is 23.2 Å². The lowest BCUT2D eigenvalue weighted by atomic mass is 10.1. The largest absolute Gasteiger partial charge is 0.446 e. The topological polar surface area (TPSA) is 43.1 Å². The van der Waals surface area contributed by atoms with E-state index in [0.717, 1.165) is 0 Å². The normalized spacial score (nSPS) is 11.5. The molecule has 0 unspecified atom stereocenters. The molecule has 6 heteroatoms. The molecule has 2 nitrogen and oxygen atoms in total. The Labute approximate surface area is 95.0 Å². The van der Waals surface area contributed by atoms with E-state index in [9.17, 15) is 18.0 Å². The van der Waals surface area contributed by atoms with Gasteiger partial charge in [-0.25, -0.2) is 0 Å². The van der Waals surface area contributed by atoms with Crippen LogP contribution in [-0.2, 0) is 11.2 Å². The molecule has 0 heterocycles. The third-order valence-corrected chi connectivity index (χ3v) is 2.59. The Morgan fingerprint density at radius 1 is 1.44 bits per heavy atom. The highest BCUT2D eigenvalue weighted by atomic mass is 32.2. The predicted molar refractivity (Wildman–Crippen MR) is 57.2 cm³/mol. The van der Waals surface area contributed by atoms with Crippen LogP contribution >= 0.6 is 11.8 Å². The summed E-state index contributed by atoms with van der Waals surface area (Å²) >= 11 is -0.249. The van der Waals surface area contributed by atoms with Gasteiger partial charge in [0.1, 0.15) is 5.78 Å². The summed E-state index contributed by atoms with van der Waals surface area (Å²) in [5, 5.41) is 0. The first kappa shape index (κ1) is 12.9. The molecule has 0 saturated heterocycles. The molecule has 1 aromatic carbocycles. The van der Waals surface area contributed by atoms with E-state index in [1.807, 2.05) is 0 Å². The van der Waals surface area contributed by atoms with Crippen LogP contribution < -0.4 is 5.73 Å². The van der Waals surface area contributed by atoms with Crippen LogP contribution in [0.2, 0.25) is 0 Å². The number of nitrogen functional groups attached to an aromatic ring is 1. The van der Waals surface area contributed by atoms with Crippen LogP contribution in [0.1, 0.15) is 12.5 Å². The maximum atomic E-state index is 12.2. The Kier molecular flexibility index (Phi) is 3.85. The first-order chi connectivity index (χ1) is 7.28. The minimum Gasteiger partial charge on any atom is -0.399 e. The first-order valence-corrected chi connectivity index (χ1v) is 5.23. The van der Waals surface area contributed by atoms with Gasteiger partial charge in [-0.2, -0.15) is 13.2 Å². The minimum atomic E-state index is -4.38. The van der Waals surface area contributed by atoms with Crippen LogP contribution in [0.25, 0.3) is 0 Å². The van der Waals surface area contributed by atoms with Crippen molar-refractivity contribution in [2.45, 2.75) is 23.7 Å². The zero-order valence-electron chi connectivity index (χ0n) is 8.47. The fourth-order valence-electron chi connectivity index (χ4n) is 1.21. The van der Waals surface area contributed by atoms with Crippen LogP contribution in [-0.4, -0.2) is 11.3 Å². The van der Waals surface area contributed by atoms with Crippen LogP contribution in [0.5, 0.6) is 0 Å². The molecule has 0 saturated carbocycles. The molecule has 2 N–H and O–H groups in total. The zero-order chi connectivity index (χ0) is 12.3. The van der Waals surface area contributed by atoms with Crippen molar-refractivity contribution in [3.05, 3.63) is 23.8 Å². The van der Waals surface area contributed by atoms with Gasteiger partial charge in [-0.3, -0.25) is 4.79 Å². The number of rotatable bonds is 3. The number of nitrogens with two attached hydrogens (primary N) is 1. The lowest BCUT2D eigenvalue weighted by Gasteiger charge is -2.10. The molecule has 0 bridgehead atoms. The van der Waals surface area contributed by atoms with Gasteiger partial charge in [0.25, 0.3) is 0 Å². The molecule has 0 amide bonds. The number of halogens is 3. The number of hydrogen-bond donors (Lipinski definition) is 1. The molecule has 0 aliphatic heterocycles. The smallest absolute Gasteiger partial charge is 0.399 e. The van der Waals surface area contributed by atoms with Crippen molar-refractivity contribution in [3.8, 4) is 0 Å². The van der Waals surface area contributed by atoms with E-state index >= 15 is 0 Å². The van der Waals surface area contributed by atoms with Gasteiger partial charge in [0.2, 0.25) is 0 Å². The van der Waals surface area contributed by atoms with E-state index in [2.05, 4.69) is 0 Å². The summed E-state index contributed by atoms with van der Waals surface area (Å²) in [7, 11) is 0. The van der Waals surface area contributed by atoms with Gasteiger partial charge in [-0.1, -0.05) is 6.07 Å². The van der Waals surface area contributed by atoms with Crippen molar-refractivity contribution in [1.82, 2.24) is 0 Å². The summed E-state index contributed by atoms with van der Waals surface area (Å²) in [6, 6.07) is 4.17. The fraction of sp³-hybridized carbons (Fsp3) is 0.300. The highest BCUT2D eigenvalue weighted by molar-refractivity contribution is 8.00. The van der Waals surface area contributed by atoms with Crippen molar-refractivity contribution < 1.29 is 18.0 Å². The van der Waals surface area contributed by atoms with Gasteiger partial charge in [0, 0.05) is 17.0 Å². The Bertz CT molecular complexity index is 404. The number of benzene rings is 1. The molecule has 0 aliphatic rings. The van der Waals surface area contributed by atoms with Crippen LogP contribution in [0.4, 0.5) is 18.9 Å². The number of carbonyl (C=O) groups excluding carboxylic acids is 1. The summed E-state index contributed by atoms with van der Waals surface area (Å²) in [4.78, 5) is 10.9. The van der Waals surface area contributed by atoms with E-state index in [1.165, 1.54) is 25.1 Å². The SMILES string of the molecule is CC(=O)Cc1ccc(N)cc1SC(F)(F)F. The summed E-state index contributed by atoms with van der Waals surface area (Å²) in [6.45, 7) is 1.33. The van der Waals surface area contributed by atoms with Gasteiger partial charge in [-0.15, -0.1) is 0 Å². The van der Waals surface area contributed by atoms with E-state index in [0.29, 0.717) is 5.56 Å². The Balaban J connectivity index is 3.03. The quantitative estimate of drug-likeness (QED) is 0.661. The van der Waals surface area contributed by atoms with Crippen molar-refractivity contribution in [3.63, 3.8) is 0 Å². The number of ketones is 1. The number of Topliss-reactive ketones (excluding diaryl/α,β-unsaturated/α-hetero) is 1. The summed E-state index contributed by atoms with van der Waals surface area (Å²) in [6.07, 6.45) is -0.0152. The molecule has 1 aromatic rings. The lowest BCUT2D eigenvalue weighted by molar-refractivity contribution is -0.116. The van der Waals surface area contributed by atoms with Crippen LogP contribution in [0.3, 0.4) is 0 Å². The monoisotopic (exact) mass is 249 g/mol. The maximum absolute atomic E-state index is 12.2. The summed E-state index contributed by atoms with van der Waals surface area (Å²) in [5.74, 6) is -0.186. The second kappa shape index (κ2) is 4.78. The average molecular weight is 249 g/mol. The van der Waals surface area contributed by atoms with E-state index in [-0.39, 0.29) is 34.5 Å². The number of thioether (sulfide) groups is 1. The third kappa shape index (κ3) is 4.14. The molecule has 16 heavy (non-hydrogen) atoms. The van der Waals surface area contributed by atoms with Crippen molar-refractivity contribution in [2.24, 2.45) is 0 Å². The average Bonchev–Trinajstić information content (AvgIpc) is 2.06. The van der Waals surface area contributed by atoms with Crippen LogP contribution in [0.15, 0.2) is 23.1 Å². The molecule has 0 fully saturated rings. The Morgan fingerprint density at radius 2 is 2.06 bits per heavy atom. The highest BCUT2D eigenvalue weighted by Crippen LogP contribution is 2.39. The molecule has 0 spiro atoms. The molecular weight excluding hydrogens is 239 g/mol. The number of carbonyl (C=O) groups is 1. The Hall–Kier alpha value is -1.17.